The van der Waals surface area contributed by atoms with Crippen LogP contribution in [-0.2, 0) is 0 Å². The Hall–Kier alpha value is -2.84. The Balaban J connectivity index is 2.26. The van der Waals surface area contributed by atoms with Gasteiger partial charge in [0.2, 0.25) is 0 Å². The summed E-state index contributed by atoms with van der Waals surface area (Å²) in [6, 6.07) is 6.68. The van der Waals surface area contributed by atoms with Gasteiger partial charge in [0.25, 0.3) is 5.91 Å². The molecule has 0 fully saturated rings. The van der Waals surface area contributed by atoms with Gasteiger partial charge in [0, 0.05) is 29.7 Å². The van der Waals surface area contributed by atoms with Gasteiger partial charge in [-0.3, -0.25) is 9.59 Å². The molecule has 1 heterocycles. The molecule has 0 saturated heterocycles. The summed E-state index contributed by atoms with van der Waals surface area (Å²) in [6.07, 6.45) is 2.85. The number of benzene rings is 1. The van der Waals surface area contributed by atoms with Gasteiger partial charge in [0.15, 0.2) is 5.43 Å². The van der Waals surface area contributed by atoms with Gasteiger partial charge in [-0.05, 0) is 24.6 Å². The van der Waals surface area contributed by atoms with Crippen LogP contribution < -0.4 is 16.5 Å². The molecule has 4 N–H and O–H groups in total. The predicted molar refractivity (Wildman–Crippen MR) is 82.1 cm³/mol. The molecule has 1 aromatic heterocycles. The molecule has 2 rings (SSSR count). The monoisotopic (exact) mass is 281 g/mol. The summed E-state index contributed by atoms with van der Waals surface area (Å²) < 4.78 is 0. The van der Waals surface area contributed by atoms with E-state index in [-0.39, 0.29) is 17.5 Å². The molecular weight excluding hydrogens is 266 g/mol. The van der Waals surface area contributed by atoms with Gasteiger partial charge in [-0.25, -0.2) is 0 Å². The maximum atomic E-state index is 12.1. The second-order valence-corrected chi connectivity index (χ2v) is 4.41. The van der Waals surface area contributed by atoms with Gasteiger partial charge in [-0.1, -0.05) is 17.9 Å². The lowest BCUT2D eigenvalue weighted by Gasteiger charge is -2.06. The molecule has 0 radical (unpaired) electrons. The molecule has 0 aliphatic heterocycles. The van der Waals surface area contributed by atoms with Crippen molar-refractivity contribution < 1.29 is 4.79 Å². The Morgan fingerprint density at radius 2 is 2.19 bits per heavy atom. The zero-order chi connectivity index (χ0) is 15.2. The average Bonchev–Trinajstić information content (AvgIpc) is 2.48. The number of H-pyrrole nitrogens is 1. The Kier molecular flexibility index (Phi) is 4.54. The van der Waals surface area contributed by atoms with E-state index in [0.717, 1.165) is 11.1 Å². The lowest BCUT2D eigenvalue weighted by Crippen LogP contribution is -2.20. The number of aryl methyl sites for hydroxylation is 1. The molecule has 106 valence electrons. The molecule has 0 aliphatic rings. The third kappa shape index (κ3) is 3.59. The summed E-state index contributed by atoms with van der Waals surface area (Å²) in [5.74, 6) is 5.26. The fourth-order valence-electron chi connectivity index (χ4n) is 1.77. The Morgan fingerprint density at radius 3 is 2.90 bits per heavy atom. The summed E-state index contributed by atoms with van der Waals surface area (Å²) in [5.41, 5.74) is 7.45. The average molecular weight is 281 g/mol. The number of aromatic amines is 1. The van der Waals surface area contributed by atoms with Crippen molar-refractivity contribution in [2.24, 2.45) is 5.73 Å². The zero-order valence-corrected chi connectivity index (χ0v) is 11.6. The fraction of sp³-hybridized carbons (Fsp3) is 0.125. The Labute approximate surface area is 122 Å². The van der Waals surface area contributed by atoms with E-state index in [1.807, 2.05) is 13.0 Å². The quantitative estimate of drug-likeness (QED) is 0.724. The zero-order valence-electron chi connectivity index (χ0n) is 11.6. The van der Waals surface area contributed by atoms with Crippen molar-refractivity contribution in [1.29, 1.82) is 0 Å². The van der Waals surface area contributed by atoms with E-state index in [9.17, 15) is 9.59 Å². The normalized spacial score (nSPS) is 9.62. The number of anilines is 1. The van der Waals surface area contributed by atoms with Gasteiger partial charge in [-0.2, -0.15) is 0 Å². The van der Waals surface area contributed by atoms with Crippen LogP contribution in [0.15, 0.2) is 41.5 Å². The lowest BCUT2D eigenvalue weighted by atomic mass is 10.1. The molecule has 21 heavy (non-hydrogen) atoms. The summed E-state index contributed by atoms with van der Waals surface area (Å²) in [6.45, 7) is 2.20. The van der Waals surface area contributed by atoms with Crippen molar-refractivity contribution in [2.45, 2.75) is 6.92 Å². The number of aromatic nitrogens is 1. The Morgan fingerprint density at radius 1 is 1.38 bits per heavy atom. The molecule has 0 bridgehead atoms. The molecular formula is C16H15N3O2. The first-order valence-corrected chi connectivity index (χ1v) is 6.40. The van der Waals surface area contributed by atoms with Crippen molar-refractivity contribution in [3.05, 3.63) is 63.6 Å². The molecule has 5 nitrogen and oxygen atoms in total. The number of hydrogen-bond donors (Lipinski definition) is 3. The summed E-state index contributed by atoms with van der Waals surface area (Å²) in [4.78, 5) is 26.4. The summed E-state index contributed by atoms with van der Waals surface area (Å²) in [7, 11) is 0. The minimum Gasteiger partial charge on any atom is -0.367 e. The topological polar surface area (TPSA) is 88.0 Å². The van der Waals surface area contributed by atoms with E-state index in [2.05, 4.69) is 22.1 Å². The first kappa shape index (κ1) is 14.6. The fourth-order valence-corrected chi connectivity index (χ4v) is 1.77. The van der Waals surface area contributed by atoms with E-state index in [4.69, 9.17) is 5.73 Å². The molecule has 5 heteroatoms. The minimum atomic E-state index is -0.460. The summed E-state index contributed by atoms with van der Waals surface area (Å²) >= 11 is 0. The molecule has 2 aromatic rings. The van der Waals surface area contributed by atoms with E-state index in [0.29, 0.717) is 5.69 Å². The van der Waals surface area contributed by atoms with Crippen LogP contribution in [0.4, 0.5) is 5.69 Å². The van der Waals surface area contributed by atoms with Crippen molar-refractivity contribution in [3.63, 3.8) is 0 Å². The molecule has 0 unspecified atom stereocenters. The minimum absolute atomic E-state index is 0.0627. The molecule has 0 atom stereocenters. The Bertz CT molecular complexity index is 782. The highest BCUT2D eigenvalue weighted by atomic mass is 16.2. The van der Waals surface area contributed by atoms with E-state index >= 15 is 0 Å². The van der Waals surface area contributed by atoms with Crippen LogP contribution in [0.2, 0.25) is 0 Å². The molecule has 0 saturated carbocycles. The van der Waals surface area contributed by atoms with Crippen LogP contribution in [0.3, 0.4) is 0 Å². The number of amides is 1. The third-order valence-corrected chi connectivity index (χ3v) is 2.89. The maximum Gasteiger partial charge on any atom is 0.261 e. The van der Waals surface area contributed by atoms with Crippen LogP contribution >= 0.6 is 0 Å². The van der Waals surface area contributed by atoms with Crippen LogP contribution in [0.5, 0.6) is 0 Å². The first-order chi connectivity index (χ1) is 10.1. The van der Waals surface area contributed by atoms with Crippen LogP contribution in [0.25, 0.3) is 0 Å². The molecule has 1 aromatic carbocycles. The second kappa shape index (κ2) is 6.55. The number of carbonyl (C=O) groups excluding carboxylic acids is 1. The summed E-state index contributed by atoms with van der Waals surface area (Å²) in [5, 5.41) is 2.69. The molecule has 1 amide bonds. The SMILES string of the molecule is Cc1ccc(NC(=O)c2c[nH]ccc2=O)cc1C#CCN. The first-order valence-electron chi connectivity index (χ1n) is 6.40. The van der Waals surface area contributed by atoms with Gasteiger partial charge in [-0.15, -0.1) is 0 Å². The third-order valence-electron chi connectivity index (χ3n) is 2.89. The number of carbonyl (C=O) groups is 1. The predicted octanol–water partition coefficient (Wildman–Crippen LogP) is 1.25. The lowest BCUT2D eigenvalue weighted by molar-refractivity contribution is 0.102. The largest absolute Gasteiger partial charge is 0.367 e. The second-order valence-electron chi connectivity index (χ2n) is 4.41. The van der Waals surface area contributed by atoms with E-state index < -0.39 is 5.91 Å². The highest BCUT2D eigenvalue weighted by Gasteiger charge is 2.10. The van der Waals surface area contributed by atoms with E-state index in [1.54, 1.807) is 12.1 Å². The number of nitrogens with two attached hydrogens (primary N) is 1. The van der Waals surface area contributed by atoms with Gasteiger partial charge >= 0.3 is 0 Å². The number of nitrogens with one attached hydrogen (secondary N) is 2. The molecule has 0 spiro atoms. The van der Waals surface area contributed by atoms with Crippen LogP contribution in [-0.4, -0.2) is 17.4 Å². The highest BCUT2D eigenvalue weighted by molar-refractivity contribution is 6.04. The van der Waals surface area contributed by atoms with Crippen LogP contribution in [0.1, 0.15) is 21.5 Å². The number of pyridine rings is 1. The van der Waals surface area contributed by atoms with Crippen molar-refractivity contribution in [1.82, 2.24) is 4.98 Å². The van der Waals surface area contributed by atoms with Gasteiger partial charge < -0.3 is 16.0 Å². The number of hydrogen-bond acceptors (Lipinski definition) is 3. The maximum absolute atomic E-state index is 12.1. The van der Waals surface area contributed by atoms with Gasteiger partial charge in [0.05, 0.1) is 6.54 Å². The molecule has 0 aliphatic carbocycles. The van der Waals surface area contributed by atoms with Gasteiger partial charge in [0.1, 0.15) is 5.56 Å². The van der Waals surface area contributed by atoms with Crippen molar-refractivity contribution in [2.75, 3.05) is 11.9 Å². The smallest absolute Gasteiger partial charge is 0.261 e. The van der Waals surface area contributed by atoms with Crippen molar-refractivity contribution in [3.8, 4) is 11.8 Å². The number of rotatable bonds is 2. The highest BCUT2D eigenvalue weighted by Crippen LogP contribution is 2.15. The van der Waals surface area contributed by atoms with Crippen molar-refractivity contribution >= 4 is 11.6 Å². The van der Waals surface area contributed by atoms with E-state index in [1.165, 1.54) is 18.5 Å². The standard InChI is InChI=1S/C16H15N3O2/c1-11-4-5-13(9-12(11)3-2-7-17)19-16(21)14-10-18-8-6-15(14)20/h4-6,8-10H,7,17H2,1H3,(H,18,20)(H,19,21). The van der Waals surface area contributed by atoms with Crippen LogP contribution in [0, 0.1) is 18.8 Å².